The van der Waals surface area contributed by atoms with Crippen molar-refractivity contribution in [1.82, 2.24) is 4.57 Å². The summed E-state index contributed by atoms with van der Waals surface area (Å²) in [5.41, 5.74) is 7.77. The van der Waals surface area contributed by atoms with Crippen LogP contribution in [-0.2, 0) is 0 Å². The molecule has 3 heteroatoms. The zero-order chi connectivity index (χ0) is 25.5. The molecule has 0 fully saturated rings. The second kappa shape index (κ2) is 7.83. The molecule has 3 aromatic heterocycles. The summed E-state index contributed by atoms with van der Waals surface area (Å²) in [6.07, 6.45) is 0. The van der Waals surface area contributed by atoms with E-state index in [4.69, 9.17) is 4.42 Å². The van der Waals surface area contributed by atoms with E-state index in [1.54, 1.807) is 0 Å². The molecule has 0 saturated heterocycles. The van der Waals surface area contributed by atoms with Crippen molar-refractivity contribution in [3.8, 4) is 16.8 Å². The van der Waals surface area contributed by atoms with Crippen molar-refractivity contribution in [2.45, 2.75) is 0 Å². The molecule has 39 heavy (non-hydrogen) atoms. The standard InChI is InChI=1S/C36H21NOS/c1-4-12-30-25(8-1)27-20-21-28-26-9-2-5-13-31(26)38-36(28)35(27)37(30)23-18-16-22(17-19-23)24-11-7-15-33-34(24)29-10-3-6-14-32(29)39-33/h1-21H. The van der Waals surface area contributed by atoms with Gasteiger partial charge in [0.05, 0.1) is 11.0 Å². The van der Waals surface area contributed by atoms with Crippen molar-refractivity contribution in [3.63, 3.8) is 0 Å². The zero-order valence-corrected chi connectivity index (χ0v) is 21.7. The lowest BCUT2D eigenvalue weighted by Crippen LogP contribution is -1.94. The molecule has 0 aliphatic rings. The van der Waals surface area contributed by atoms with E-state index in [9.17, 15) is 0 Å². The van der Waals surface area contributed by atoms with Crippen LogP contribution in [0.4, 0.5) is 0 Å². The van der Waals surface area contributed by atoms with Gasteiger partial charge in [-0.3, -0.25) is 0 Å². The number of hydrogen-bond donors (Lipinski definition) is 0. The third kappa shape index (κ3) is 2.91. The molecule has 0 spiro atoms. The van der Waals surface area contributed by atoms with Gasteiger partial charge >= 0.3 is 0 Å². The molecular formula is C36H21NOS. The highest BCUT2D eigenvalue weighted by Gasteiger charge is 2.19. The maximum Gasteiger partial charge on any atom is 0.160 e. The van der Waals surface area contributed by atoms with Crippen LogP contribution in [0, 0.1) is 0 Å². The van der Waals surface area contributed by atoms with E-state index < -0.39 is 0 Å². The minimum absolute atomic E-state index is 0.920. The summed E-state index contributed by atoms with van der Waals surface area (Å²) in [6, 6.07) is 45.8. The Kier molecular flexibility index (Phi) is 4.24. The van der Waals surface area contributed by atoms with Crippen molar-refractivity contribution in [3.05, 3.63) is 127 Å². The van der Waals surface area contributed by atoms with E-state index in [1.165, 1.54) is 47.6 Å². The van der Waals surface area contributed by atoms with Crippen LogP contribution < -0.4 is 0 Å². The van der Waals surface area contributed by atoms with Gasteiger partial charge in [0.1, 0.15) is 5.58 Å². The second-order valence-electron chi connectivity index (χ2n) is 10.1. The molecule has 0 aliphatic carbocycles. The van der Waals surface area contributed by atoms with E-state index in [0.29, 0.717) is 0 Å². The monoisotopic (exact) mass is 515 g/mol. The van der Waals surface area contributed by atoms with Gasteiger partial charge in [0.25, 0.3) is 0 Å². The van der Waals surface area contributed by atoms with Gasteiger partial charge in [0.2, 0.25) is 0 Å². The quantitative estimate of drug-likeness (QED) is 0.224. The molecule has 182 valence electrons. The average molecular weight is 516 g/mol. The summed E-state index contributed by atoms with van der Waals surface area (Å²) >= 11 is 1.86. The Labute approximate surface area is 227 Å². The van der Waals surface area contributed by atoms with E-state index in [2.05, 4.69) is 126 Å². The third-order valence-electron chi connectivity index (χ3n) is 8.02. The first-order valence-electron chi connectivity index (χ1n) is 13.2. The zero-order valence-electron chi connectivity index (χ0n) is 20.9. The highest BCUT2D eigenvalue weighted by Crippen LogP contribution is 2.42. The lowest BCUT2D eigenvalue weighted by molar-refractivity contribution is 0.671. The summed E-state index contributed by atoms with van der Waals surface area (Å²) in [5, 5.41) is 7.40. The highest BCUT2D eigenvalue weighted by molar-refractivity contribution is 7.25. The van der Waals surface area contributed by atoms with Crippen molar-refractivity contribution in [2.75, 3.05) is 0 Å². The first-order chi connectivity index (χ1) is 19.3. The fraction of sp³-hybridized carbons (Fsp3) is 0. The molecule has 0 aliphatic heterocycles. The summed E-state index contributed by atoms with van der Waals surface area (Å²) in [4.78, 5) is 0. The molecular weight excluding hydrogens is 494 g/mol. The summed E-state index contributed by atoms with van der Waals surface area (Å²) in [7, 11) is 0. The smallest absolute Gasteiger partial charge is 0.160 e. The first-order valence-corrected chi connectivity index (χ1v) is 14.0. The van der Waals surface area contributed by atoms with Crippen molar-refractivity contribution < 1.29 is 4.42 Å². The molecule has 0 radical (unpaired) electrons. The van der Waals surface area contributed by atoms with Gasteiger partial charge in [0, 0.05) is 47.4 Å². The van der Waals surface area contributed by atoms with E-state index in [1.807, 2.05) is 17.4 Å². The third-order valence-corrected chi connectivity index (χ3v) is 9.15. The van der Waals surface area contributed by atoms with Crippen LogP contribution in [0.15, 0.2) is 132 Å². The van der Waals surface area contributed by atoms with Gasteiger partial charge in [0.15, 0.2) is 5.58 Å². The Morgan fingerprint density at radius 2 is 1.23 bits per heavy atom. The van der Waals surface area contributed by atoms with Crippen LogP contribution in [0.3, 0.4) is 0 Å². The predicted molar refractivity (Wildman–Crippen MR) is 166 cm³/mol. The number of furan rings is 1. The van der Waals surface area contributed by atoms with Crippen LogP contribution in [0.5, 0.6) is 0 Å². The van der Waals surface area contributed by atoms with E-state index >= 15 is 0 Å². The van der Waals surface area contributed by atoms with Crippen molar-refractivity contribution >= 4 is 75.3 Å². The maximum absolute atomic E-state index is 6.51. The molecule has 9 rings (SSSR count). The number of hydrogen-bond acceptors (Lipinski definition) is 2. The average Bonchev–Trinajstić information content (AvgIpc) is 3.66. The van der Waals surface area contributed by atoms with Gasteiger partial charge in [-0.05, 0) is 53.6 Å². The van der Waals surface area contributed by atoms with Crippen LogP contribution in [0.1, 0.15) is 0 Å². The lowest BCUT2D eigenvalue weighted by Gasteiger charge is -2.10. The second-order valence-corrected chi connectivity index (χ2v) is 11.2. The number of rotatable bonds is 2. The highest BCUT2D eigenvalue weighted by atomic mass is 32.1. The summed E-state index contributed by atoms with van der Waals surface area (Å²) in [6.45, 7) is 0. The summed E-state index contributed by atoms with van der Waals surface area (Å²) in [5.74, 6) is 0. The SMILES string of the molecule is c1ccc2c(c1)oc1c2ccc2c3ccccc3n(-c3ccc(-c4cccc5sc6ccccc6c45)cc3)c21. The fourth-order valence-corrected chi connectivity index (χ4v) is 7.44. The number of nitrogens with zero attached hydrogens (tertiary/aromatic N) is 1. The first kappa shape index (κ1) is 21.1. The van der Waals surface area contributed by atoms with Crippen LogP contribution in [0.2, 0.25) is 0 Å². The van der Waals surface area contributed by atoms with Crippen LogP contribution in [-0.4, -0.2) is 4.57 Å². The van der Waals surface area contributed by atoms with Gasteiger partial charge < -0.3 is 8.98 Å². The minimum Gasteiger partial charge on any atom is -0.454 e. The number of aromatic nitrogens is 1. The molecule has 6 aromatic carbocycles. The Morgan fingerprint density at radius 3 is 2.13 bits per heavy atom. The Bertz CT molecular complexity index is 2380. The van der Waals surface area contributed by atoms with Gasteiger partial charge in [-0.1, -0.05) is 84.9 Å². The molecule has 0 unspecified atom stereocenters. The Morgan fingerprint density at radius 1 is 0.513 bits per heavy atom. The summed E-state index contributed by atoms with van der Waals surface area (Å²) < 4.78 is 11.5. The maximum atomic E-state index is 6.51. The topological polar surface area (TPSA) is 18.1 Å². The number of thiophene rings is 1. The Balaban J connectivity index is 1.31. The molecule has 0 bridgehead atoms. The molecule has 0 atom stereocenters. The molecule has 0 amide bonds. The predicted octanol–water partition coefficient (Wildman–Crippen LogP) is 10.7. The molecule has 9 aromatic rings. The minimum atomic E-state index is 0.920. The largest absolute Gasteiger partial charge is 0.454 e. The van der Waals surface area contributed by atoms with Gasteiger partial charge in [-0.25, -0.2) is 0 Å². The number of fused-ring (bicyclic) bond motifs is 10. The molecule has 0 saturated carbocycles. The van der Waals surface area contributed by atoms with Crippen molar-refractivity contribution in [1.29, 1.82) is 0 Å². The fourth-order valence-electron chi connectivity index (χ4n) is 6.30. The van der Waals surface area contributed by atoms with E-state index in [0.717, 1.165) is 33.1 Å². The van der Waals surface area contributed by atoms with Gasteiger partial charge in [-0.15, -0.1) is 11.3 Å². The van der Waals surface area contributed by atoms with Crippen LogP contribution in [0.25, 0.3) is 80.7 Å². The molecule has 3 heterocycles. The van der Waals surface area contributed by atoms with E-state index in [-0.39, 0.29) is 0 Å². The normalized spacial score (nSPS) is 12.1. The Hall–Kier alpha value is -4.86. The van der Waals surface area contributed by atoms with Crippen molar-refractivity contribution in [2.24, 2.45) is 0 Å². The van der Waals surface area contributed by atoms with Gasteiger partial charge in [-0.2, -0.15) is 0 Å². The number of benzene rings is 6. The molecule has 0 N–H and O–H groups in total. The number of para-hydroxylation sites is 2. The molecule has 2 nitrogen and oxygen atoms in total. The van der Waals surface area contributed by atoms with Crippen LogP contribution >= 0.6 is 11.3 Å². The lowest BCUT2D eigenvalue weighted by atomic mass is 9.99.